The zero-order valence-corrected chi connectivity index (χ0v) is 12.3. The van der Waals surface area contributed by atoms with Crippen LogP contribution in [-0.2, 0) is 9.47 Å². The molecule has 2 aliphatic heterocycles. The van der Waals surface area contributed by atoms with Crippen molar-refractivity contribution in [2.75, 3.05) is 39.5 Å². The predicted octanol–water partition coefficient (Wildman–Crippen LogP) is 0.738. The van der Waals surface area contributed by atoms with E-state index in [1.165, 1.54) is 0 Å². The summed E-state index contributed by atoms with van der Waals surface area (Å²) < 4.78 is 10.3. The average Bonchev–Trinajstić information content (AvgIpc) is 2.47. The fourth-order valence-corrected chi connectivity index (χ4v) is 2.74. The highest BCUT2D eigenvalue weighted by Crippen LogP contribution is 2.20. The molecule has 6 heteroatoms. The van der Waals surface area contributed by atoms with Gasteiger partial charge in [0, 0.05) is 51.7 Å². The van der Waals surface area contributed by atoms with Crippen LogP contribution in [0.3, 0.4) is 0 Å². The highest BCUT2D eigenvalue weighted by atomic mass is 16.6. The van der Waals surface area contributed by atoms with Crippen LogP contribution in [0.5, 0.6) is 0 Å². The fraction of sp³-hybridized carbons (Fsp3) is 0.929. The maximum absolute atomic E-state index is 11.6. The molecule has 2 fully saturated rings. The molecule has 0 bridgehead atoms. The second-order valence-corrected chi connectivity index (χ2v) is 5.68. The van der Waals surface area contributed by atoms with Crippen LogP contribution in [0.1, 0.15) is 32.6 Å². The molecule has 2 saturated heterocycles. The largest absolute Gasteiger partial charge is 0.450 e. The molecular weight excluding hydrogens is 260 g/mol. The molecule has 0 spiro atoms. The van der Waals surface area contributed by atoms with Gasteiger partial charge in [0.2, 0.25) is 0 Å². The van der Waals surface area contributed by atoms with Crippen LogP contribution < -0.4 is 5.32 Å². The summed E-state index contributed by atoms with van der Waals surface area (Å²) in [5, 5.41) is 13.8. The monoisotopic (exact) mass is 286 g/mol. The molecule has 1 amide bonds. The summed E-state index contributed by atoms with van der Waals surface area (Å²) in [4.78, 5) is 13.3. The summed E-state index contributed by atoms with van der Waals surface area (Å²) >= 11 is 0. The third-order valence-corrected chi connectivity index (χ3v) is 4.16. The van der Waals surface area contributed by atoms with Gasteiger partial charge < -0.3 is 24.8 Å². The number of piperidine rings is 1. The van der Waals surface area contributed by atoms with E-state index in [-0.39, 0.29) is 6.09 Å². The number of amides is 1. The fourth-order valence-electron chi connectivity index (χ4n) is 2.74. The summed E-state index contributed by atoms with van der Waals surface area (Å²) in [6.45, 7) is 5.57. The van der Waals surface area contributed by atoms with Crippen molar-refractivity contribution in [2.45, 2.75) is 44.2 Å². The van der Waals surface area contributed by atoms with E-state index in [1.54, 1.807) is 4.90 Å². The topological polar surface area (TPSA) is 71.0 Å². The number of ether oxygens (including phenoxy) is 2. The third kappa shape index (κ3) is 4.33. The Morgan fingerprint density at radius 1 is 1.40 bits per heavy atom. The second kappa shape index (κ2) is 7.24. The highest BCUT2D eigenvalue weighted by molar-refractivity contribution is 5.67. The summed E-state index contributed by atoms with van der Waals surface area (Å²) in [5.74, 6) is 0. The summed E-state index contributed by atoms with van der Waals surface area (Å²) in [6, 6.07) is 0.368. The van der Waals surface area contributed by atoms with E-state index < -0.39 is 5.60 Å². The first-order valence-corrected chi connectivity index (χ1v) is 7.58. The van der Waals surface area contributed by atoms with Gasteiger partial charge in [0.15, 0.2) is 0 Å². The molecule has 0 aliphatic carbocycles. The van der Waals surface area contributed by atoms with Crippen molar-refractivity contribution in [1.82, 2.24) is 10.2 Å². The van der Waals surface area contributed by atoms with Crippen molar-refractivity contribution in [1.29, 1.82) is 0 Å². The summed E-state index contributed by atoms with van der Waals surface area (Å²) in [7, 11) is 0. The van der Waals surface area contributed by atoms with Crippen LogP contribution in [0, 0.1) is 0 Å². The van der Waals surface area contributed by atoms with Crippen molar-refractivity contribution in [3.8, 4) is 0 Å². The SMILES string of the molecule is CCOC(=O)N1CCC(NCC2(O)CCOCC2)CC1. The third-order valence-electron chi connectivity index (χ3n) is 4.16. The van der Waals surface area contributed by atoms with E-state index in [0.717, 1.165) is 25.9 Å². The molecule has 0 aromatic carbocycles. The molecular formula is C14H26N2O4. The predicted molar refractivity (Wildman–Crippen MR) is 74.6 cm³/mol. The number of nitrogens with one attached hydrogen (secondary N) is 1. The molecule has 6 nitrogen and oxygen atoms in total. The maximum atomic E-state index is 11.6. The van der Waals surface area contributed by atoms with Gasteiger partial charge in [0.25, 0.3) is 0 Å². The van der Waals surface area contributed by atoms with E-state index in [9.17, 15) is 9.90 Å². The van der Waals surface area contributed by atoms with E-state index in [2.05, 4.69) is 5.32 Å². The molecule has 0 atom stereocenters. The minimum absolute atomic E-state index is 0.214. The Labute approximate surface area is 120 Å². The normalized spacial score (nSPS) is 23.6. The first-order valence-electron chi connectivity index (χ1n) is 7.58. The van der Waals surface area contributed by atoms with Gasteiger partial charge in [-0.1, -0.05) is 0 Å². The van der Waals surface area contributed by atoms with Gasteiger partial charge in [-0.2, -0.15) is 0 Å². The van der Waals surface area contributed by atoms with Crippen LogP contribution in [0.2, 0.25) is 0 Å². The Bertz CT molecular complexity index is 310. The first-order chi connectivity index (χ1) is 9.63. The first kappa shape index (κ1) is 15.5. The van der Waals surface area contributed by atoms with Crippen LogP contribution in [-0.4, -0.2) is 67.2 Å². The maximum Gasteiger partial charge on any atom is 0.409 e. The quantitative estimate of drug-likeness (QED) is 0.797. The standard InChI is InChI=1S/C14H26N2O4/c1-2-20-13(17)16-7-3-12(4-8-16)15-11-14(18)5-9-19-10-6-14/h12,15,18H,2-11H2,1H3. The van der Waals surface area contributed by atoms with Gasteiger partial charge in [-0.3, -0.25) is 0 Å². The molecule has 0 aromatic heterocycles. The van der Waals surface area contributed by atoms with Crippen LogP contribution in [0.25, 0.3) is 0 Å². The lowest BCUT2D eigenvalue weighted by molar-refractivity contribution is -0.0634. The number of carbonyl (C=O) groups excluding carboxylic acids is 1. The Morgan fingerprint density at radius 2 is 2.05 bits per heavy atom. The number of hydrogen-bond donors (Lipinski definition) is 2. The Balaban J connectivity index is 1.68. The number of rotatable bonds is 4. The minimum Gasteiger partial charge on any atom is -0.450 e. The van der Waals surface area contributed by atoms with Gasteiger partial charge in [-0.15, -0.1) is 0 Å². The van der Waals surface area contributed by atoms with Crippen molar-refractivity contribution < 1.29 is 19.4 Å². The second-order valence-electron chi connectivity index (χ2n) is 5.68. The van der Waals surface area contributed by atoms with Crippen LogP contribution in [0.15, 0.2) is 0 Å². The molecule has 0 saturated carbocycles. The molecule has 0 radical (unpaired) electrons. The number of aliphatic hydroxyl groups is 1. The van der Waals surface area contributed by atoms with Crippen molar-refractivity contribution in [2.24, 2.45) is 0 Å². The number of hydrogen-bond acceptors (Lipinski definition) is 5. The van der Waals surface area contributed by atoms with Gasteiger partial charge in [-0.25, -0.2) is 4.79 Å². The Hall–Kier alpha value is -0.850. The van der Waals surface area contributed by atoms with E-state index in [1.807, 2.05) is 6.92 Å². The Morgan fingerprint density at radius 3 is 2.65 bits per heavy atom. The van der Waals surface area contributed by atoms with Crippen molar-refractivity contribution in [3.05, 3.63) is 0 Å². The lowest BCUT2D eigenvalue weighted by atomic mass is 9.93. The van der Waals surface area contributed by atoms with Crippen molar-refractivity contribution in [3.63, 3.8) is 0 Å². The summed E-state index contributed by atoms with van der Waals surface area (Å²) in [6.07, 6.45) is 2.99. The average molecular weight is 286 g/mol. The number of likely N-dealkylation sites (tertiary alicyclic amines) is 1. The zero-order chi connectivity index (χ0) is 14.4. The molecule has 116 valence electrons. The van der Waals surface area contributed by atoms with Gasteiger partial charge in [0.1, 0.15) is 0 Å². The molecule has 2 N–H and O–H groups in total. The molecule has 20 heavy (non-hydrogen) atoms. The van der Waals surface area contributed by atoms with Gasteiger partial charge in [-0.05, 0) is 19.8 Å². The molecule has 2 rings (SSSR count). The van der Waals surface area contributed by atoms with Gasteiger partial charge >= 0.3 is 6.09 Å². The van der Waals surface area contributed by atoms with E-state index in [4.69, 9.17) is 9.47 Å². The number of carbonyl (C=O) groups is 1. The highest BCUT2D eigenvalue weighted by Gasteiger charge is 2.31. The lowest BCUT2D eigenvalue weighted by Crippen LogP contribution is -2.51. The summed E-state index contributed by atoms with van der Waals surface area (Å²) in [5.41, 5.74) is -0.628. The molecule has 0 aromatic rings. The van der Waals surface area contributed by atoms with Crippen LogP contribution in [0.4, 0.5) is 4.79 Å². The molecule has 2 aliphatic rings. The lowest BCUT2D eigenvalue weighted by Gasteiger charge is -2.36. The molecule has 0 unspecified atom stereocenters. The zero-order valence-electron chi connectivity index (χ0n) is 12.3. The van der Waals surface area contributed by atoms with Crippen LogP contribution >= 0.6 is 0 Å². The minimum atomic E-state index is -0.628. The van der Waals surface area contributed by atoms with E-state index >= 15 is 0 Å². The van der Waals surface area contributed by atoms with Crippen molar-refractivity contribution >= 4 is 6.09 Å². The number of nitrogens with zero attached hydrogens (tertiary/aromatic N) is 1. The van der Waals surface area contributed by atoms with E-state index in [0.29, 0.717) is 45.2 Å². The van der Waals surface area contributed by atoms with Gasteiger partial charge in [0.05, 0.1) is 12.2 Å². The Kier molecular flexibility index (Phi) is 5.63. The smallest absolute Gasteiger partial charge is 0.409 e. The molecule has 2 heterocycles.